The van der Waals surface area contributed by atoms with E-state index >= 15 is 0 Å². The van der Waals surface area contributed by atoms with Gasteiger partial charge in [0, 0.05) is 5.56 Å². The molecule has 0 radical (unpaired) electrons. The zero-order valence-electron chi connectivity index (χ0n) is 17.9. The van der Waals surface area contributed by atoms with Crippen LogP contribution in [0.1, 0.15) is 42.9 Å². The molecule has 1 aliphatic heterocycles. The number of amides is 2. The van der Waals surface area contributed by atoms with Gasteiger partial charge in [-0.25, -0.2) is 4.98 Å². The van der Waals surface area contributed by atoms with E-state index < -0.39 is 12.5 Å². The van der Waals surface area contributed by atoms with E-state index in [-0.39, 0.29) is 54.5 Å². The molecule has 1 aliphatic carbocycles. The van der Waals surface area contributed by atoms with Crippen LogP contribution in [-0.4, -0.2) is 48.1 Å². The number of halogens is 2. The number of rotatable bonds is 8. The number of hydrogen-bond acceptors (Lipinski definition) is 7. The standard InChI is InChI=1S/C19H20F2N4O5.C2H6/c20-19(21)30-12-4-3-11(5-13(12)28-8-10-1-2-10)17-24-16(14(6-22)29-17)18(27)25-7-15(26)23-9-25;1-2/h3-5,10,19H,1-2,6-9,22H2,(H,23,26);1-2H3. The Labute approximate surface area is 183 Å². The molecule has 0 unspecified atom stereocenters. The summed E-state index contributed by atoms with van der Waals surface area (Å²) in [6, 6.07) is 4.28. The number of carbonyl (C=O) groups excluding carboxylic acids is 2. The van der Waals surface area contributed by atoms with Gasteiger partial charge in [-0.05, 0) is 37.0 Å². The van der Waals surface area contributed by atoms with Crippen molar-refractivity contribution in [1.82, 2.24) is 15.2 Å². The highest BCUT2D eigenvalue weighted by Gasteiger charge is 2.30. The molecular formula is C21H26F2N4O5. The SMILES string of the molecule is CC.NCc1oc(-c2ccc(OC(F)F)c(OCC3CC3)c2)nc1C(=O)N1CNC(=O)C1. The smallest absolute Gasteiger partial charge is 0.387 e. The number of nitrogens with two attached hydrogens (primary N) is 1. The summed E-state index contributed by atoms with van der Waals surface area (Å²) in [5.41, 5.74) is 6.09. The van der Waals surface area contributed by atoms with E-state index in [1.807, 2.05) is 13.8 Å². The Bertz CT molecular complexity index is 962. The van der Waals surface area contributed by atoms with Crippen LogP contribution >= 0.6 is 0 Å². The van der Waals surface area contributed by atoms with Gasteiger partial charge >= 0.3 is 6.61 Å². The predicted molar refractivity (Wildman–Crippen MR) is 110 cm³/mol. The molecule has 174 valence electrons. The van der Waals surface area contributed by atoms with E-state index in [2.05, 4.69) is 15.0 Å². The van der Waals surface area contributed by atoms with Crippen LogP contribution in [0.15, 0.2) is 22.6 Å². The van der Waals surface area contributed by atoms with Gasteiger partial charge < -0.3 is 29.8 Å². The minimum Gasteiger partial charge on any atom is -0.489 e. The number of carbonyl (C=O) groups is 2. The Hall–Kier alpha value is -3.21. The zero-order chi connectivity index (χ0) is 23.3. The first-order valence-electron chi connectivity index (χ1n) is 10.4. The third-order valence-corrected chi connectivity index (χ3v) is 4.75. The molecule has 2 aliphatic rings. The number of nitrogens with one attached hydrogen (secondary N) is 1. The van der Waals surface area contributed by atoms with E-state index in [9.17, 15) is 18.4 Å². The van der Waals surface area contributed by atoms with Crippen LogP contribution in [0.25, 0.3) is 11.5 Å². The van der Waals surface area contributed by atoms with Crippen molar-refractivity contribution in [3.63, 3.8) is 0 Å². The highest BCUT2D eigenvalue weighted by Crippen LogP contribution is 2.36. The van der Waals surface area contributed by atoms with Crippen LogP contribution in [0.4, 0.5) is 8.78 Å². The van der Waals surface area contributed by atoms with Crippen LogP contribution in [-0.2, 0) is 11.3 Å². The highest BCUT2D eigenvalue weighted by molar-refractivity contribution is 5.97. The molecular weight excluding hydrogens is 426 g/mol. The second-order valence-corrected chi connectivity index (χ2v) is 7.05. The summed E-state index contributed by atoms with van der Waals surface area (Å²) in [5, 5.41) is 2.54. The highest BCUT2D eigenvalue weighted by atomic mass is 19.3. The van der Waals surface area contributed by atoms with Crippen molar-refractivity contribution in [2.24, 2.45) is 11.7 Å². The topological polar surface area (TPSA) is 120 Å². The van der Waals surface area contributed by atoms with E-state index in [0.29, 0.717) is 18.1 Å². The summed E-state index contributed by atoms with van der Waals surface area (Å²) in [5.74, 6) is -0.0908. The van der Waals surface area contributed by atoms with Crippen molar-refractivity contribution in [1.29, 1.82) is 0 Å². The molecule has 3 N–H and O–H groups in total. The number of ether oxygens (including phenoxy) is 2. The molecule has 1 aromatic heterocycles. The Morgan fingerprint density at radius 1 is 1.34 bits per heavy atom. The van der Waals surface area contributed by atoms with Crippen molar-refractivity contribution in [3.8, 4) is 23.0 Å². The Morgan fingerprint density at radius 2 is 2.09 bits per heavy atom. The molecule has 32 heavy (non-hydrogen) atoms. The second-order valence-electron chi connectivity index (χ2n) is 7.05. The number of benzene rings is 1. The van der Waals surface area contributed by atoms with E-state index in [0.717, 1.165) is 12.8 Å². The lowest BCUT2D eigenvalue weighted by Crippen LogP contribution is -2.30. The fourth-order valence-corrected chi connectivity index (χ4v) is 2.98. The molecule has 0 spiro atoms. The third kappa shape index (κ3) is 5.52. The lowest BCUT2D eigenvalue weighted by Gasteiger charge is -2.12. The molecule has 2 heterocycles. The Morgan fingerprint density at radius 3 is 2.69 bits per heavy atom. The number of alkyl halides is 2. The van der Waals surface area contributed by atoms with E-state index in [1.165, 1.54) is 23.1 Å². The minimum absolute atomic E-state index is 0.00245. The molecule has 2 amide bonds. The minimum atomic E-state index is -2.99. The first kappa shape index (κ1) is 23.5. The lowest BCUT2D eigenvalue weighted by atomic mass is 10.2. The maximum atomic E-state index is 12.7. The predicted octanol–water partition coefficient (Wildman–Crippen LogP) is 2.75. The summed E-state index contributed by atoms with van der Waals surface area (Å²) >= 11 is 0. The number of aromatic nitrogens is 1. The van der Waals surface area contributed by atoms with Crippen LogP contribution in [0, 0.1) is 5.92 Å². The fraction of sp³-hybridized carbons (Fsp3) is 0.476. The summed E-state index contributed by atoms with van der Waals surface area (Å²) < 4.78 is 41.2. The van der Waals surface area contributed by atoms with E-state index in [1.54, 1.807) is 0 Å². The second kappa shape index (κ2) is 10.4. The molecule has 1 aromatic carbocycles. The van der Waals surface area contributed by atoms with Crippen molar-refractivity contribution in [2.45, 2.75) is 39.8 Å². The molecule has 1 saturated heterocycles. The van der Waals surface area contributed by atoms with Crippen LogP contribution in [0.3, 0.4) is 0 Å². The van der Waals surface area contributed by atoms with E-state index in [4.69, 9.17) is 14.9 Å². The summed E-state index contributed by atoms with van der Waals surface area (Å²) in [6.07, 6.45) is 2.06. The van der Waals surface area contributed by atoms with Gasteiger partial charge in [0.25, 0.3) is 5.91 Å². The average Bonchev–Trinajstić information content (AvgIpc) is 3.35. The first-order valence-corrected chi connectivity index (χ1v) is 10.4. The molecule has 11 heteroatoms. The van der Waals surface area contributed by atoms with Crippen molar-refractivity contribution in [3.05, 3.63) is 29.7 Å². The van der Waals surface area contributed by atoms with Crippen LogP contribution < -0.4 is 20.5 Å². The maximum Gasteiger partial charge on any atom is 0.387 e. The van der Waals surface area contributed by atoms with Crippen LogP contribution in [0.2, 0.25) is 0 Å². The molecule has 2 aromatic rings. The maximum absolute atomic E-state index is 12.7. The largest absolute Gasteiger partial charge is 0.489 e. The molecule has 4 rings (SSSR count). The molecule has 2 fully saturated rings. The molecule has 0 atom stereocenters. The first-order chi connectivity index (χ1) is 15.4. The Kier molecular flexibility index (Phi) is 7.62. The van der Waals surface area contributed by atoms with Crippen molar-refractivity contribution >= 4 is 11.8 Å². The van der Waals surface area contributed by atoms with Gasteiger partial charge in [0.2, 0.25) is 11.8 Å². The normalized spacial score (nSPS) is 15.3. The van der Waals surface area contributed by atoms with Gasteiger partial charge in [-0.1, -0.05) is 13.8 Å². The van der Waals surface area contributed by atoms with Crippen LogP contribution in [0.5, 0.6) is 11.5 Å². The van der Waals surface area contributed by atoms with Gasteiger partial charge in [-0.2, -0.15) is 8.78 Å². The van der Waals surface area contributed by atoms with Gasteiger partial charge in [-0.3, -0.25) is 9.59 Å². The van der Waals surface area contributed by atoms with Gasteiger partial charge in [0.05, 0.1) is 19.8 Å². The number of hydrogen-bond donors (Lipinski definition) is 2. The zero-order valence-corrected chi connectivity index (χ0v) is 17.9. The fourth-order valence-electron chi connectivity index (χ4n) is 2.98. The van der Waals surface area contributed by atoms with Gasteiger partial charge in [0.15, 0.2) is 23.0 Å². The lowest BCUT2D eigenvalue weighted by molar-refractivity contribution is -0.118. The molecule has 0 bridgehead atoms. The van der Waals surface area contributed by atoms with Crippen molar-refractivity contribution < 1.29 is 32.3 Å². The number of nitrogens with zero attached hydrogens (tertiary/aromatic N) is 2. The molecule has 1 saturated carbocycles. The monoisotopic (exact) mass is 452 g/mol. The number of oxazole rings is 1. The summed E-state index contributed by atoms with van der Waals surface area (Å²) in [4.78, 5) is 29.6. The molecule has 9 nitrogen and oxygen atoms in total. The van der Waals surface area contributed by atoms with Gasteiger partial charge in [0.1, 0.15) is 6.54 Å². The quantitative estimate of drug-likeness (QED) is 0.632. The summed E-state index contributed by atoms with van der Waals surface area (Å²) in [7, 11) is 0. The van der Waals surface area contributed by atoms with Gasteiger partial charge in [-0.15, -0.1) is 0 Å². The summed E-state index contributed by atoms with van der Waals surface area (Å²) in [6.45, 7) is 1.31. The average molecular weight is 452 g/mol. The Balaban J connectivity index is 0.00000141. The van der Waals surface area contributed by atoms with Crippen molar-refractivity contribution in [2.75, 3.05) is 19.8 Å². The third-order valence-electron chi connectivity index (χ3n) is 4.75.